The third-order valence-corrected chi connectivity index (χ3v) is 23.4. The summed E-state index contributed by atoms with van der Waals surface area (Å²) in [5.74, 6) is 4.70. The molecule has 18 aromatic rings. The standard InChI is InChI=1S/C26H21N3O3.C26H22N2O5.C16H16O.C13H12N4O3.C11H12N4O3.C11H10N2O4.CH4.Ac/c1-15-13-19-23(29-25(31)24(30)27-19)21(16(15)2)26-28-20(14-32-26)22(17-9-5-3-6-10-17)18-11-7-4-8-12-18;1-15-13-19-23(28-25(31)24(30)27-19)21(16(15)2)26(32)33-14-20(29)22(17-9-5-3-6-10-17)18-11-7-4-8-12-18;1-2-15(17)16(13-9-5-3-6-10-13)14-11-7-4-8-12-14;1-5-4-8-10(15-12(19)11(18)14-8)9(6(5)2)13-17-16-7(3)20-13;1-4-3-6-8(14-11(18)10(17)13-6)7(5(4)2)9(16)15-12;1-4-3-6-8(7(5(4)2)11(16)17)13-10(15)9(14)12-6;;/h3-14,22H,1-2H3,(H,27,30)(H,29,31);3-13,22H,14H2,1-2H3,(H,27,30)(H,28,31);3-12,16H,2H2,1H3;4H,1-3H3,(H,14,18)(H,15,19);3H,1-2H3,(H5,12,13,14,15,16,17,18);3H,1-2H3,(H,12,14)(H,13,15)(H,16,17);1H4;/p-1. The molecular formula is C104H96AcN15O19-. The number of aromatic nitrogens is 13. The fourth-order valence-corrected chi connectivity index (χ4v) is 15.8. The molecule has 0 unspecified atom stereocenters. The summed E-state index contributed by atoms with van der Waals surface area (Å²) in [7, 11) is 0. The summed E-state index contributed by atoms with van der Waals surface area (Å²) in [5, 5.41) is 16.9. The van der Waals surface area contributed by atoms with Gasteiger partial charge in [-0.05, 0) is 189 Å². The Morgan fingerprint density at radius 3 is 0.993 bits per heavy atom. The van der Waals surface area contributed by atoms with Crippen molar-refractivity contribution in [1.82, 2.24) is 70.4 Å². The van der Waals surface area contributed by atoms with E-state index in [2.05, 4.69) is 84.3 Å². The molecule has 705 valence electrons. The normalized spacial score (nSPS) is 10.8. The van der Waals surface area contributed by atoms with Crippen molar-refractivity contribution in [2.45, 2.75) is 115 Å². The van der Waals surface area contributed by atoms with Gasteiger partial charge >= 0.3 is 67.5 Å². The van der Waals surface area contributed by atoms with Crippen molar-refractivity contribution in [2.24, 2.45) is 0 Å². The van der Waals surface area contributed by atoms with Crippen molar-refractivity contribution in [1.29, 1.82) is 0 Å². The van der Waals surface area contributed by atoms with E-state index in [1.165, 1.54) is 0 Å². The van der Waals surface area contributed by atoms with Crippen LogP contribution in [0.2, 0.25) is 0 Å². The van der Waals surface area contributed by atoms with E-state index in [9.17, 15) is 71.9 Å². The zero-order valence-corrected chi connectivity index (χ0v) is 81.4. The summed E-state index contributed by atoms with van der Waals surface area (Å²) in [4.78, 5) is 206. The molecule has 13 N–H and O–H groups in total. The van der Waals surface area contributed by atoms with Gasteiger partial charge in [-0.1, -0.05) is 196 Å². The number of amides is 1. The van der Waals surface area contributed by atoms with Gasteiger partial charge < -0.3 is 79.8 Å². The summed E-state index contributed by atoms with van der Waals surface area (Å²) in [5.41, 5.74) is 13.7. The Kier molecular flexibility index (Phi) is 33.6. The van der Waals surface area contributed by atoms with E-state index in [0.717, 1.165) is 78.0 Å². The van der Waals surface area contributed by atoms with Crippen LogP contribution in [0.4, 0.5) is 0 Å². The number of aromatic carboxylic acids is 1. The second kappa shape index (κ2) is 45.3. The van der Waals surface area contributed by atoms with Crippen LogP contribution in [0.5, 0.6) is 0 Å². The van der Waals surface area contributed by atoms with Gasteiger partial charge in [0.15, 0.2) is 12.4 Å². The third-order valence-electron chi connectivity index (χ3n) is 23.4. The van der Waals surface area contributed by atoms with Crippen molar-refractivity contribution in [2.75, 3.05) is 6.61 Å². The summed E-state index contributed by atoms with van der Waals surface area (Å²) < 4.78 is 16.8. The molecule has 11 aromatic carbocycles. The molecule has 34 nitrogen and oxygen atoms in total. The number of nitrogens with zero attached hydrogens (tertiary/aromatic N) is 3. The maximum absolute atomic E-state index is 13.2. The first kappa shape index (κ1) is 103. The Labute approximate surface area is 825 Å². The molecule has 18 rings (SSSR count). The Bertz CT molecular complexity index is 8230. The number of oxazole rings is 1. The van der Waals surface area contributed by atoms with Gasteiger partial charge in [-0.2, -0.15) is 0 Å². The van der Waals surface area contributed by atoms with Crippen LogP contribution < -0.4 is 61.0 Å². The fraction of sp³-hybridized carbons (Fsp3) is 0.173. The Hall–Kier alpha value is -16.4. The van der Waals surface area contributed by atoms with Gasteiger partial charge in [0.1, 0.15) is 12.0 Å². The molecule has 0 atom stereocenters. The minimum Gasteiger partial charge on any atom is -0.584 e. The number of hydrogen-bond acceptors (Lipinski definition) is 21. The number of rotatable bonds is 17. The molecule has 7 heterocycles. The van der Waals surface area contributed by atoms with Gasteiger partial charge in [0, 0.05) is 57.4 Å². The van der Waals surface area contributed by atoms with Crippen LogP contribution in [-0.4, -0.2) is 106 Å². The van der Waals surface area contributed by atoms with E-state index in [1.807, 2.05) is 198 Å². The first-order valence-electron chi connectivity index (χ1n) is 42.9. The molecule has 35 heteroatoms. The summed E-state index contributed by atoms with van der Waals surface area (Å²) in [6.07, 6.45) is 2.23. The minimum absolute atomic E-state index is 0. The van der Waals surface area contributed by atoms with Crippen LogP contribution in [-0.2, 0) is 14.3 Å². The van der Waals surface area contributed by atoms with Gasteiger partial charge in [0.25, 0.3) is 0 Å². The van der Waals surface area contributed by atoms with E-state index in [-0.39, 0.29) is 108 Å². The molecule has 0 aliphatic rings. The van der Waals surface area contributed by atoms with Crippen LogP contribution >= 0.6 is 0 Å². The summed E-state index contributed by atoms with van der Waals surface area (Å²) in [6, 6.07) is 67.4. The average Bonchev–Trinajstić information content (AvgIpc) is 1.41. The second-order valence-corrected chi connectivity index (χ2v) is 32.2. The maximum Gasteiger partial charge on any atom is 0.341 e. The number of carbonyl (C=O) groups excluding carboxylic acids is 4. The van der Waals surface area contributed by atoms with Gasteiger partial charge in [0.05, 0.1) is 106 Å². The number of aromatic amines is 10. The molecule has 0 aliphatic carbocycles. The van der Waals surface area contributed by atoms with Crippen molar-refractivity contribution in [3.63, 3.8) is 0 Å². The number of carboxylic acids is 1. The quantitative estimate of drug-likeness (QED) is 0.0229. The predicted octanol–water partition coefficient (Wildman–Crippen LogP) is 14.7. The molecule has 0 aliphatic heterocycles. The Balaban J connectivity index is 0.000000163. The van der Waals surface area contributed by atoms with E-state index in [0.29, 0.717) is 90.5 Å². The topological polar surface area (TPSA) is 544 Å². The fourth-order valence-electron chi connectivity index (χ4n) is 15.8. The van der Waals surface area contributed by atoms with Crippen molar-refractivity contribution in [3.8, 4) is 22.9 Å². The molecule has 0 saturated carbocycles. The second-order valence-electron chi connectivity index (χ2n) is 32.2. The number of benzene rings is 11. The number of hydrogen-bond donors (Lipinski definition) is 12. The van der Waals surface area contributed by atoms with Crippen molar-refractivity contribution < 1.29 is 86.7 Å². The number of fused-ring (bicyclic) bond motifs is 5. The van der Waals surface area contributed by atoms with Gasteiger partial charge in [-0.3, -0.25) is 62.3 Å². The van der Waals surface area contributed by atoms with E-state index in [1.54, 1.807) is 84.4 Å². The number of esters is 1. The zero-order valence-electron chi connectivity index (χ0n) is 76.6. The number of carboxylic acid groups (broad SMARTS) is 1. The van der Waals surface area contributed by atoms with Crippen LogP contribution in [0.3, 0.4) is 0 Å². The first-order chi connectivity index (χ1) is 65.5. The molecule has 0 saturated heterocycles. The SMILES string of the molecule is C.CCC(=O)C(c1ccccc1)c1ccccc1.Cc1cc2[nH]c(=O)c(=O)[nH]c2c(-c2nc(C(c3ccccc3)c3ccccc3)co2)c1C.Cc1cc2[nH]c(=O)c(=O)[nH]c2c(C(=O)N[NH-])c1C.Cc1cc2[nH]c(=O)c(=O)[nH]c2c(C(=O)O)c1C.Cc1cc2[nH]c(=O)c(=O)[nH]c2c(C(=O)OCC(=O)C(c2ccccc2)c2ccccc2)c1C.Cc1nnc(-c2c(C)c(C)cc3[nH]c(=O)c(=O)[nH]c23)o1.[Ac]. The molecule has 0 fully saturated rings. The van der Waals surface area contributed by atoms with Crippen LogP contribution in [0.25, 0.3) is 83.9 Å². The van der Waals surface area contributed by atoms with Crippen LogP contribution in [0, 0.1) is 120 Å². The minimum atomic E-state index is -1.14. The molecule has 0 bridgehead atoms. The maximum atomic E-state index is 13.2. The van der Waals surface area contributed by atoms with Crippen LogP contribution in [0.15, 0.2) is 275 Å². The van der Waals surface area contributed by atoms with Crippen molar-refractivity contribution in [3.05, 3.63) is 445 Å². The number of carbonyl (C=O) groups is 5. The van der Waals surface area contributed by atoms with Gasteiger partial charge in [-0.15, -0.1) is 10.2 Å². The number of ether oxygens (including phenoxy) is 1. The predicted molar refractivity (Wildman–Crippen MR) is 526 cm³/mol. The Morgan fingerprint density at radius 1 is 0.374 bits per heavy atom. The average molecular weight is 2090 g/mol. The number of nitrogens with one attached hydrogen (secondary N) is 12. The summed E-state index contributed by atoms with van der Waals surface area (Å²) >= 11 is 0. The monoisotopic (exact) mass is 2090 g/mol. The zero-order chi connectivity index (χ0) is 98.5. The number of aryl methyl sites for hydroxylation is 6. The molecule has 1 amide bonds. The molecule has 1 radical (unpaired) electrons. The molecule has 139 heavy (non-hydrogen) atoms. The van der Waals surface area contributed by atoms with E-state index in [4.69, 9.17) is 29.5 Å². The van der Waals surface area contributed by atoms with E-state index >= 15 is 0 Å². The first-order valence-corrected chi connectivity index (χ1v) is 42.9. The third kappa shape index (κ3) is 23.1. The number of H-pyrrole nitrogens is 10. The molecule has 0 spiro atoms. The smallest absolute Gasteiger partial charge is 0.341 e. The Morgan fingerprint density at radius 2 is 0.662 bits per heavy atom. The summed E-state index contributed by atoms with van der Waals surface area (Å²) in [6.45, 7) is 21.2. The molecule has 7 aromatic heterocycles. The van der Waals surface area contributed by atoms with E-state index < -0.39 is 86.0 Å². The number of ketones is 2. The van der Waals surface area contributed by atoms with Gasteiger partial charge in [-0.25, -0.2) is 14.6 Å². The van der Waals surface area contributed by atoms with Crippen LogP contribution in [0.1, 0.15) is 170 Å². The number of Topliss-reactive ketones (excluding diaryl/α,β-unsaturated/α-hetero) is 2. The van der Waals surface area contributed by atoms with Crippen molar-refractivity contribution >= 4 is 84.6 Å². The van der Waals surface area contributed by atoms with Gasteiger partial charge in [0.2, 0.25) is 23.6 Å². The molecular weight excluding hydrogens is 1990 g/mol. The largest absolute Gasteiger partial charge is 0.584 e.